The summed E-state index contributed by atoms with van der Waals surface area (Å²) >= 11 is 0. The molecule has 7 nitrogen and oxygen atoms in total. The minimum Gasteiger partial charge on any atom is -0.336 e. The third-order valence-electron chi connectivity index (χ3n) is 6.08. The fourth-order valence-corrected chi connectivity index (χ4v) is 5.36. The Morgan fingerprint density at radius 2 is 1.82 bits per heavy atom. The molecule has 0 unspecified atom stereocenters. The van der Waals surface area contributed by atoms with E-state index >= 15 is 0 Å². The van der Waals surface area contributed by atoms with Crippen molar-refractivity contribution in [3.8, 4) is 0 Å². The first-order valence-electron chi connectivity index (χ1n) is 11.3. The van der Waals surface area contributed by atoms with Gasteiger partial charge < -0.3 is 4.90 Å². The summed E-state index contributed by atoms with van der Waals surface area (Å²) in [5.41, 5.74) is 1.91. The highest BCUT2D eigenvalue weighted by Gasteiger charge is 2.28. The van der Waals surface area contributed by atoms with Crippen molar-refractivity contribution in [2.24, 2.45) is 10.9 Å². The minimum absolute atomic E-state index is 0.0207. The molecule has 2 aromatic rings. The molecular weight excluding hydrogens is 436 g/mol. The van der Waals surface area contributed by atoms with Crippen LogP contribution in [-0.4, -0.2) is 63.6 Å². The highest BCUT2D eigenvalue weighted by atomic mass is 32.2. The first-order chi connectivity index (χ1) is 15.9. The number of para-hydroxylation sites is 1. The van der Waals surface area contributed by atoms with Gasteiger partial charge in [0.25, 0.3) is 15.9 Å². The number of carbonyl (C=O) groups is 1. The van der Waals surface area contributed by atoms with Gasteiger partial charge in [-0.05, 0) is 62.7 Å². The van der Waals surface area contributed by atoms with Crippen molar-refractivity contribution in [3.63, 3.8) is 0 Å². The first kappa shape index (κ1) is 23.2. The molecule has 1 N–H and O–H groups in total. The Morgan fingerprint density at radius 3 is 2.42 bits per heavy atom. The van der Waals surface area contributed by atoms with Gasteiger partial charge in [-0.25, -0.2) is 8.42 Å². The average Bonchev–Trinajstić information content (AvgIpc) is 3.63. The van der Waals surface area contributed by atoms with Crippen LogP contribution in [0.5, 0.6) is 0 Å². The quantitative estimate of drug-likeness (QED) is 0.596. The second-order valence-electron chi connectivity index (χ2n) is 8.57. The molecular formula is C25H30N4O3S. The summed E-state index contributed by atoms with van der Waals surface area (Å²) in [6, 6.07) is 11.5. The number of aliphatic imine (C=N–C) groups is 1. The number of benzene rings is 2. The molecule has 2 fully saturated rings. The average molecular weight is 467 g/mol. The molecule has 4 rings (SSSR count). The Morgan fingerprint density at radius 1 is 1.12 bits per heavy atom. The summed E-state index contributed by atoms with van der Waals surface area (Å²) in [6.07, 6.45) is 6.27. The van der Waals surface area contributed by atoms with Crippen LogP contribution in [0.2, 0.25) is 0 Å². The fourth-order valence-electron chi connectivity index (χ4n) is 4.11. The molecule has 1 heterocycles. The topological polar surface area (TPSA) is 82.1 Å². The molecule has 8 heteroatoms. The van der Waals surface area contributed by atoms with Gasteiger partial charge in [0.05, 0.1) is 5.69 Å². The zero-order chi connectivity index (χ0) is 23.4. The molecule has 174 valence electrons. The van der Waals surface area contributed by atoms with Crippen LogP contribution >= 0.6 is 0 Å². The predicted octanol–water partition coefficient (Wildman–Crippen LogP) is 4.02. The van der Waals surface area contributed by atoms with E-state index in [0.717, 1.165) is 38.6 Å². The van der Waals surface area contributed by atoms with Crippen LogP contribution < -0.4 is 4.72 Å². The lowest BCUT2D eigenvalue weighted by molar-refractivity contribution is 0.0632. The van der Waals surface area contributed by atoms with E-state index in [-0.39, 0.29) is 10.8 Å². The van der Waals surface area contributed by atoms with E-state index in [1.165, 1.54) is 18.9 Å². The maximum atomic E-state index is 13.0. The molecule has 1 saturated heterocycles. The van der Waals surface area contributed by atoms with E-state index in [1.54, 1.807) is 42.5 Å². The van der Waals surface area contributed by atoms with Crippen LogP contribution in [-0.2, 0) is 10.0 Å². The second-order valence-corrected chi connectivity index (χ2v) is 10.2. The molecule has 1 aliphatic carbocycles. The van der Waals surface area contributed by atoms with Gasteiger partial charge in [-0.3, -0.25) is 19.4 Å². The van der Waals surface area contributed by atoms with E-state index in [2.05, 4.69) is 21.3 Å². The molecule has 0 spiro atoms. The summed E-state index contributed by atoms with van der Waals surface area (Å²) < 4.78 is 28.6. The van der Waals surface area contributed by atoms with E-state index in [9.17, 15) is 13.2 Å². The zero-order valence-corrected chi connectivity index (χ0v) is 19.7. The summed E-state index contributed by atoms with van der Waals surface area (Å²) in [4.78, 5) is 21.2. The lowest BCUT2D eigenvalue weighted by Gasteiger charge is -2.34. The molecule has 33 heavy (non-hydrogen) atoms. The van der Waals surface area contributed by atoms with Crippen LogP contribution in [0.1, 0.15) is 35.7 Å². The molecule has 0 atom stereocenters. The molecule has 1 aliphatic heterocycles. The van der Waals surface area contributed by atoms with Crippen molar-refractivity contribution in [1.82, 2.24) is 9.80 Å². The summed E-state index contributed by atoms with van der Waals surface area (Å²) in [5, 5.41) is 0. The number of anilines is 1. The maximum absolute atomic E-state index is 13.0. The minimum atomic E-state index is -3.88. The molecule has 1 saturated carbocycles. The highest BCUT2D eigenvalue weighted by Crippen LogP contribution is 2.31. The largest absolute Gasteiger partial charge is 0.336 e. The van der Waals surface area contributed by atoms with Crippen LogP contribution in [0.25, 0.3) is 6.08 Å². The van der Waals surface area contributed by atoms with Gasteiger partial charge in [0, 0.05) is 49.5 Å². The standard InChI is InChI=1S/C25H30N4O3S/c1-3-5-20-6-4-7-23(24(20)26-2)33(31,32)27-22-12-10-21(11-13-22)25(30)29-16-14-28(15-17-29)18-19-8-9-19/h3-7,10-13,19,27H,2,8-9,14-18H2,1H3/b5-3-. The van der Waals surface area contributed by atoms with Crippen LogP contribution in [0.15, 0.2) is 58.4 Å². The molecule has 2 aliphatic rings. The molecule has 0 radical (unpaired) electrons. The van der Waals surface area contributed by atoms with E-state index in [0.29, 0.717) is 22.5 Å². The van der Waals surface area contributed by atoms with Crippen molar-refractivity contribution in [1.29, 1.82) is 0 Å². The maximum Gasteiger partial charge on any atom is 0.264 e. The number of carbonyl (C=O) groups excluding carboxylic acids is 1. The molecule has 1 amide bonds. The molecule has 2 aromatic carbocycles. The van der Waals surface area contributed by atoms with E-state index in [1.807, 2.05) is 17.9 Å². The number of sulfonamides is 1. The van der Waals surface area contributed by atoms with Gasteiger partial charge in [-0.2, -0.15) is 0 Å². The number of nitrogens with one attached hydrogen (secondary N) is 1. The Kier molecular flexibility index (Phi) is 6.95. The van der Waals surface area contributed by atoms with E-state index in [4.69, 9.17) is 0 Å². The van der Waals surface area contributed by atoms with Crippen LogP contribution in [0, 0.1) is 5.92 Å². The Bertz CT molecular complexity index is 1150. The van der Waals surface area contributed by atoms with Crippen LogP contribution in [0.4, 0.5) is 11.4 Å². The summed E-state index contributed by atoms with van der Waals surface area (Å²) in [7, 11) is -3.88. The zero-order valence-electron chi connectivity index (χ0n) is 18.9. The number of amides is 1. The third-order valence-corrected chi connectivity index (χ3v) is 7.49. The predicted molar refractivity (Wildman–Crippen MR) is 133 cm³/mol. The lowest BCUT2D eigenvalue weighted by Crippen LogP contribution is -2.49. The van der Waals surface area contributed by atoms with Gasteiger partial charge in [0.2, 0.25) is 0 Å². The number of rotatable bonds is 8. The van der Waals surface area contributed by atoms with Crippen molar-refractivity contribution in [2.75, 3.05) is 37.4 Å². The van der Waals surface area contributed by atoms with Crippen LogP contribution in [0.3, 0.4) is 0 Å². The van der Waals surface area contributed by atoms with Gasteiger partial charge in [-0.15, -0.1) is 0 Å². The van der Waals surface area contributed by atoms with Crippen molar-refractivity contribution in [2.45, 2.75) is 24.7 Å². The molecule has 0 bridgehead atoms. The van der Waals surface area contributed by atoms with Crippen molar-refractivity contribution in [3.05, 3.63) is 59.7 Å². The Labute approximate surface area is 195 Å². The van der Waals surface area contributed by atoms with Gasteiger partial charge in [0.15, 0.2) is 0 Å². The Hall–Kier alpha value is -2.97. The highest BCUT2D eigenvalue weighted by molar-refractivity contribution is 7.92. The summed E-state index contributed by atoms with van der Waals surface area (Å²) in [6.45, 7) is 9.79. The molecule has 0 aromatic heterocycles. The van der Waals surface area contributed by atoms with Gasteiger partial charge >= 0.3 is 0 Å². The lowest BCUT2D eigenvalue weighted by atomic mass is 10.1. The first-order valence-corrected chi connectivity index (χ1v) is 12.8. The number of hydrogen-bond acceptors (Lipinski definition) is 5. The number of nitrogens with zero attached hydrogens (tertiary/aromatic N) is 3. The van der Waals surface area contributed by atoms with Gasteiger partial charge in [0.1, 0.15) is 4.90 Å². The number of piperazine rings is 1. The second kappa shape index (κ2) is 9.89. The Balaban J connectivity index is 1.43. The number of allylic oxidation sites excluding steroid dienone is 1. The van der Waals surface area contributed by atoms with Gasteiger partial charge in [-0.1, -0.05) is 24.3 Å². The third kappa shape index (κ3) is 5.51. The normalized spacial score (nSPS) is 17.3. The monoisotopic (exact) mass is 466 g/mol. The number of hydrogen-bond donors (Lipinski definition) is 1. The summed E-state index contributed by atoms with van der Waals surface area (Å²) in [5.74, 6) is 0.833. The smallest absolute Gasteiger partial charge is 0.264 e. The SMILES string of the molecule is C=Nc1c(/C=C\C)cccc1S(=O)(=O)Nc1ccc(C(=O)N2CCN(CC3CC3)CC2)cc1. The van der Waals surface area contributed by atoms with Crippen molar-refractivity contribution < 1.29 is 13.2 Å². The fraction of sp³-hybridized carbons (Fsp3) is 0.360. The van der Waals surface area contributed by atoms with Crippen molar-refractivity contribution >= 4 is 40.1 Å². The van der Waals surface area contributed by atoms with E-state index < -0.39 is 10.0 Å².